The molecule has 2 heterocycles. The van der Waals surface area contributed by atoms with Crippen LogP contribution in [0, 0.1) is 20.8 Å². The third-order valence-corrected chi connectivity index (χ3v) is 5.61. The number of pyridine rings is 1. The third-order valence-electron chi connectivity index (χ3n) is 5.61. The minimum absolute atomic E-state index is 1.03. The smallest absolute Gasteiger partial charge is 0.0945 e. The van der Waals surface area contributed by atoms with Gasteiger partial charge in [-0.3, -0.25) is 4.98 Å². The van der Waals surface area contributed by atoms with Crippen molar-refractivity contribution in [2.24, 2.45) is 0 Å². The van der Waals surface area contributed by atoms with Crippen LogP contribution in [0.5, 0.6) is 0 Å². The Labute approximate surface area is 155 Å². The maximum atomic E-state index is 4.83. The Hall–Kier alpha value is -2.61. The van der Waals surface area contributed by atoms with Crippen molar-refractivity contribution in [3.05, 3.63) is 65.4 Å². The molecule has 0 bridgehead atoms. The molecule has 4 rings (SSSR count). The van der Waals surface area contributed by atoms with Crippen LogP contribution in [0.1, 0.15) is 36.5 Å². The first-order valence-electron chi connectivity index (χ1n) is 9.56. The molecule has 0 fully saturated rings. The maximum Gasteiger partial charge on any atom is 0.0945 e. The largest absolute Gasteiger partial charge is 0.339 e. The van der Waals surface area contributed by atoms with Gasteiger partial charge in [-0.1, -0.05) is 31.5 Å². The van der Waals surface area contributed by atoms with Crippen molar-refractivity contribution >= 4 is 21.8 Å². The first-order chi connectivity index (χ1) is 12.6. The Bertz CT molecular complexity index is 1080. The molecule has 0 aliphatic heterocycles. The van der Waals surface area contributed by atoms with Gasteiger partial charge < -0.3 is 4.57 Å². The van der Waals surface area contributed by atoms with E-state index >= 15 is 0 Å². The Morgan fingerprint density at radius 2 is 1.65 bits per heavy atom. The number of para-hydroxylation sites is 1. The zero-order chi connectivity index (χ0) is 18.3. The molecule has 0 aliphatic carbocycles. The monoisotopic (exact) mass is 342 g/mol. The molecule has 0 spiro atoms. The van der Waals surface area contributed by atoms with E-state index in [1.165, 1.54) is 56.9 Å². The van der Waals surface area contributed by atoms with Crippen molar-refractivity contribution in [1.29, 1.82) is 0 Å². The van der Waals surface area contributed by atoms with Gasteiger partial charge in [-0.05, 0) is 68.1 Å². The Morgan fingerprint density at radius 3 is 2.38 bits per heavy atom. The van der Waals surface area contributed by atoms with Crippen molar-refractivity contribution in [3.63, 3.8) is 0 Å². The summed E-state index contributed by atoms with van der Waals surface area (Å²) in [6, 6.07) is 15.5. The molecule has 0 saturated heterocycles. The van der Waals surface area contributed by atoms with Gasteiger partial charge in [-0.15, -0.1) is 0 Å². The summed E-state index contributed by atoms with van der Waals surface area (Å²) in [6.07, 6.45) is 4.32. The van der Waals surface area contributed by atoms with Crippen LogP contribution < -0.4 is 0 Å². The lowest BCUT2D eigenvalue weighted by Gasteiger charge is -2.12. The van der Waals surface area contributed by atoms with Gasteiger partial charge in [0.2, 0.25) is 0 Å². The summed E-state index contributed by atoms with van der Waals surface area (Å²) in [5, 5.41) is 2.63. The van der Waals surface area contributed by atoms with Crippen LogP contribution in [0.15, 0.2) is 48.7 Å². The zero-order valence-corrected chi connectivity index (χ0v) is 16.1. The first kappa shape index (κ1) is 16.8. The molecule has 0 aliphatic rings. The van der Waals surface area contributed by atoms with Crippen LogP contribution in [0.25, 0.3) is 33.1 Å². The Kier molecular flexibility index (Phi) is 4.28. The maximum absolute atomic E-state index is 4.83. The van der Waals surface area contributed by atoms with E-state index in [4.69, 9.17) is 4.98 Å². The predicted molar refractivity (Wildman–Crippen MR) is 112 cm³/mol. The van der Waals surface area contributed by atoms with Gasteiger partial charge in [-0.25, -0.2) is 0 Å². The molecular formula is C24H26N2. The number of rotatable bonds is 4. The van der Waals surface area contributed by atoms with Gasteiger partial charge in [0.1, 0.15) is 0 Å². The molecular weight excluding hydrogens is 316 g/mol. The highest BCUT2D eigenvalue weighted by Gasteiger charge is 2.16. The van der Waals surface area contributed by atoms with Crippen LogP contribution in [-0.2, 0) is 6.54 Å². The van der Waals surface area contributed by atoms with E-state index in [0.29, 0.717) is 0 Å². The molecule has 0 atom stereocenters. The van der Waals surface area contributed by atoms with E-state index in [2.05, 4.69) is 74.7 Å². The molecule has 0 unspecified atom stereocenters. The van der Waals surface area contributed by atoms with Gasteiger partial charge in [0.25, 0.3) is 0 Å². The number of aromatic nitrogens is 2. The summed E-state index contributed by atoms with van der Waals surface area (Å²) in [4.78, 5) is 4.83. The van der Waals surface area contributed by atoms with Crippen LogP contribution >= 0.6 is 0 Å². The minimum atomic E-state index is 1.03. The molecule has 132 valence electrons. The highest BCUT2D eigenvalue weighted by molar-refractivity contribution is 6.11. The highest BCUT2D eigenvalue weighted by Crippen LogP contribution is 2.35. The fraction of sp³-hybridized carbons (Fsp3) is 0.292. The number of hydrogen-bond acceptors (Lipinski definition) is 1. The van der Waals surface area contributed by atoms with E-state index in [0.717, 1.165) is 12.2 Å². The van der Waals surface area contributed by atoms with Crippen molar-refractivity contribution in [2.45, 2.75) is 47.1 Å². The number of hydrogen-bond donors (Lipinski definition) is 0. The van der Waals surface area contributed by atoms with Gasteiger partial charge in [-0.2, -0.15) is 0 Å². The van der Waals surface area contributed by atoms with Gasteiger partial charge in [0.05, 0.1) is 11.2 Å². The zero-order valence-electron chi connectivity index (χ0n) is 16.1. The molecule has 0 saturated carbocycles. The summed E-state index contributed by atoms with van der Waals surface area (Å²) >= 11 is 0. The summed E-state index contributed by atoms with van der Waals surface area (Å²) in [5.41, 5.74) is 8.92. The first-order valence-corrected chi connectivity index (χ1v) is 9.56. The SMILES string of the molecule is CCCCn1c2ccccc2c2ccnc(-c3cc(C)c(C)c(C)c3)c21. The number of unbranched alkanes of at least 4 members (excludes halogenated alkanes) is 1. The summed E-state index contributed by atoms with van der Waals surface area (Å²) in [7, 11) is 0. The second-order valence-corrected chi connectivity index (χ2v) is 7.31. The number of benzene rings is 2. The van der Waals surface area contributed by atoms with Crippen molar-refractivity contribution < 1.29 is 0 Å². The molecule has 0 radical (unpaired) electrons. The summed E-state index contributed by atoms with van der Waals surface area (Å²) in [6.45, 7) is 9.86. The molecule has 2 nitrogen and oxygen atoms in total. The Balaban J connectivity index is 2.08. The van der Waals surface area contributed by atoms with Crippen LogP contribution in [0.4, 0.5) is 0 Å². The van der Waals surface area contributed by atoms with Gasteiger partial charge >= 0.3 is 0 Å². The molecule has 0 N–H and O–H groups in total. The Morgan fingerprint density at radius 1 is 0.923 bits per heavy atom. The van der Waals surface area contributed by atoms with E-state index in [1.54, 1.807) is 0 Å². The second kappa shape index (κ2) is 6.60. The lowest BCUT2D eigenvalue weighted by Crippen LogP contribution is -2.00. The number of fused-ring (bicyclic) bond motifs is 3. The molecule has 2 aromatic heterocycles. The average Bonchev–Trinajstić information content (AvgIpc) is 2.98. The fourth-order valence-corrected chi connectivity index (χ4v) is 3.93. The van der Waals surface area contributed by atoms with Crippen molar-refractivity contribution in [3.8, 4) is 11.3 Å². The van der Waals surface area contributed by atoms with Gasteiger partial charge in [0, 0.05) is 34.6 Å². The quantitative estimate of drug-likeness (QED) is 0.409. The van der Waals surface area contributed by atoms with Crippen LogP contribution in [-0.4, -0.2) is 9.55 Å². The van der Waals surface area contributed by atoms with Crippen molar-refractivity contribution in [2.75, 3.05) is 0 Å². The standard InChI is InChI=1S/C24H26N2/c1-5-6-13-26-22-10-8-7-9-20(22)21-11-12-25-23(24(21)26)19-14-16(2)18(4)17(3)15-19/h7-12,14-15H,5-6,13H2,1-4H3. The predicted octanol–water partition coefficient (Wildman–Crippen LogP) is 6.58. The van der Waals surface area contributed by atoms with Crippen molar-refractivity contribution in [1.82, 2.24) is 9.55 Å². The van der Waals surface area contributed by atoms with E-state index in [9.17, 15) is 0 Å². The molecule has 26 heavy (non-hydrogen) atoms. The molecule has 0 amide bonds. The lowest BCUT2D eigenvalue weighted by molar-refractivity contribution is 0.665. The lowest BCUT2D eigenvalue weighted by atomic mass is 9.98. The molecule has 2 aromatic carbocycles. The van der Waals surface area contributed by atoms with Gasteiger partial charge in [0.15, 0.2) is 0 Å². The summed E-state index contributed by atoms with van der Waals surface area (Å²) in [5.74, 6) is 0. The highest BCUT2D eigenvalue weighted by atomic mass is 15.0. The average molecular weight is 342 g/mol. The fourth-order valence-electron chi connectivity index (χ4n) is 3.93. The molecule has 2 heteroatoms. The second-order valence-electron chi connectivity index (χ2n) is 7.31. The molecule has 4 aromatic rings. The minimum Gasteiger partial charge on any atom is -0.339 e. The van der Waals surface area contributed by atoms with E-state index in [1.807, 2.05) is 6.20 Å². The topological polar surface area (TPSA) is 17.8 Å². The third kappa shape index (κ3) is 2.61. The van der Waals surface area contributed by atoms with Crippen LogP contribution in [0.2, 0.25) is 0 Å². The summed E-state index contributed by atoms with van der Waals surface area (Å²) < 4.78 is 2.47. The normalized spacial score (nSPS) is 11.5. The van der Waals surface area contributed by atoms with E-state index < -0.39 is 0 Å². The number of nitrogens with zero attached hydrogens (tertiary/aromatic N) is 2. The van der Waals surface area contributed by atoms with E-state index in [-0.39, 0.29) is 0 Å². The number of aryl methyl sites for hydroxylation is 3. The van der Waals surface area contributed by atoms with Crippen LogP contribution in [0.3, 0.4) is 0 Å².